The molecular formula is C22H21F3N4O4. The van der Waals surface area contributed by atoms with Gasteiger partial charge < -0.3 is 19.1 Å². The van der Waals surface area contributed by atoms with Gasteiger partial charge in [0.2, 0.25) is 5.88 Å². The van der Waals surface area contributed by atoms with Crippen LogP contribution in [0.2, 0.25) is 0 Å². The fraction of sp³-hybridized carbons (Fsp3) is 0.364. The van der Waals surface area contributed by atoms with E-state index in [1.807, 2.05) is 6.07 Å². The lowest BCUT2D eigenvalue weighted by atomic mass is 9.90. The van der Waals surface area contributed by atoms with Crippen LogP contribution in [0.5, 0.6) is 17.4 Å². The number of hydrogen-bond donors (Lipinski definition) is 0. The Balaban J connectivity index is 1.47. The second kappa shape index (κ2) is 9.08. The third-order valence-electron chi connectivity index (χ3n) is 5.54. The Morgan fingerprint density at radius 2 is 1.73 bits per heavy atom. The van der Waals surface area contributed by atoms with E-state index >= 15 is 0 Å². The molecule has 0 aliphatic carbocycles. The number of amides is 1. The van der Waals surface area contributed by atoms with Crippen molar-refractivity contribution in [2.24, 2.45) is 0 Å². The van der Waals surface area contributed by atoms with E-state index in [0.29, 0.717) is 37.4 Å². The van der Waals surface area contributed by atoms with Crippen molar-refractivity contribution in [2.75, 3.05) is 27.3 Å². The van der Waals surface area contributed by atoms with Crippen molar-refractivity contribution in [1.29, 1.82) is 0 Å². The molecule has 1 aliphatic heterocycles. The summed E-state index contributed by atoms with van der Waals surface area (Å²) in [6.07, 6.45) is -0.880. The van der Waals surface area contributed by atoms with Crippen molar-refractivity contribution in [2.45, 2.75) is 25.1 Å². The molecule has 0 spiro atoms. The summed E-state index contributed by atoms with van der Waals surface area (Å²) in [6.45, 7) is 0.951. The lowest BCUT2D eigenvalue weighted by molar-refractivity contribution is -0.276. The summed E-state index contributed by atoms with van der Waals surface area (Å²) >= 11 is 0. The molecule has 1 fully saturated rings. The highest BCUT2D eigenvalue weighted by Gasteiger charge is 2.32. The molecule has 3 aromatic rings. The van der Waals surface area contributed by atoms with Gasteiger partial charge in [-0.1, -0.05) is 0 Å². The molecule has 3 heterocycles. The molecule has 0 radical (unpaired) electrons. The van der Waals surface area contributed by atoms with Crippen LogP contribution in [-0.2, 0) is 0 Å². The van der Waals surface area contributed by atoms with Crippen LogP contribution in [0.3, 0.4) is 0 Å². The third kappa shape index (κ3) is 4.91. The predicted molar refractivity (Wildman–Crippen MR) is 111 cm³/mol. The van der Waals surface area contributed by atoms with Crippen LogP contribution in [-0.4, -0.2) is 59.4 Å². The number of likely N-dealkylation sites (tertiary alicyclic amines) is 1. The molecule has 4 rings (SSSR count). The maximum absolute atomic E-state index is 12.8. The van der Waals surface area contributed by atoms with Gasteiger partial charge in [-0.2, -0.15) is 0 Å². The first kappa shape index (κ1) is 22.6. The quantitative estimate of drug-likeness (QED) is 0.567. The van der Waals surface area contributed by atoms with Gasteiger partial charge in [0.05, 0.1) is 31.0 Å². The van der Waals surface area contributed by atoms with Crippen LogP contribution in [0.1, 0.15) is 34.8 Å². The average molecular weight is 462 g/mol. The summed E-state index contributed by atoms with van der Waals surface area (Å²) in [4.78, 5) is 26.8. The van der Waals surface area contributed by atoms with Gasteiger partial charge in [0.25, 0.3) is 5.91 Å². The van der Waals surface area contributed by atoms with Crippen LogP contribution in [0, 0.1) is 0 Å². The maximum Gasteiger partial charge on any atom is 0.574 e. The standard InChI is InChI=1S/C22H21F3N4O4/c1-31-17-9-15-16(10-18(17)32-2)27-12-28-20(15)13-5-7-29(8-6-13)21(30)14-3-4-19(26-11-14)33-22(23,24)25/h3-4,9-13H,5-8H2,1-2H3. The number of rotatable bonds is 5. The Bertz CT molecular complexity index is 1150. The second-order valence-corrected chi connectivity index (χ2v) is 7.48. The fourth-order valence-corrected chi connectivity index (χ4v) is 3.95. The molecule has 0 saturated carbocycles. The zero-order valence-corrected chi connectivity index (χ0v) is 17.9. The van der Waals surface area contributed by atoms with E-state index in [1.54, 1.807) is 25.2 Å². The molecule has 0 atom stereocenters. The van der Waals surface area contributed by atoms with E-state index < -0.39 is 12.2 Å². The van der Waals surface area contributed by atoms with Crippen molar-refractivity contribution in [1.82, 2.24) is 19.9 Å². The first-order chi connectivity index (χ1) is 15.8. The lowest BCUT2D eigenvalue weighted by Crippen LogP contribution is -2.38. The van der Waals surface area contributed by atoms with Gasteiger partial charge in [0, 0.05) is 42.7 Å². The van der Waals surface area contributed by atoms with E-state index in [2.05, 4.69) is 19.7 Å². The molecule has 2 aromatic heterocycles. The number of ether oxygens (including phenoxy) is 3. The summed E-state index contributed by atoms with van der Waals surface area (Å²) < 4.78 is 51.4. The first-order valence-electron chi connectivity index (χ1n) is 10.2. The largest absolute Gasteiger partial charge is 0.574 e. The molecular weight excluding hydrogens is 441 g/mol. The monoisotopic (exact) mass is 462 g/mol. The van der Waals surface area contributed by atoms with E-state index in [0.717, 1.165) is 28.9 Å². The number of carbonyl (C=O) groups is 1. The molecule has 8 nitrogen and oxygen atoms in total. The Kier molecular flexibility index (Phi) is 6.21. The summed E-state index contributed by atoms with van der Waals surface area (Å²) in [5.74, 6) is 0.367. The van der Waals surface area contributed by atoms with E-state index in [1.165, 1.54) is 12.4 Å². The summed E-state index contributed by atoms with van der Waals surface area (Å²) in [6, 6.07) is 5.97. The van der Waals surface area contributed by atoms with E-state index in [4.69, 9.17) is 9.47 Å². The lowest BCUT2D eigenvalue weighted by Gasteiger charge is -2.32. The molecule has 1 aromatic carbocycles. The minimum Gasteiger partial charge on any atom is -0.493 e. The third-order valence-corrected chi connectivity index (χ3v) is 5.54. The van der Waals surface area contributed by atoms with Crippen LogP contribution in [0.4, 0.5) is 13.2 Å². The predicted octanol–water partition coefficient (Wildman–Crippen LogP) is 3.96. The maximum atomic E-state index is 12.8. The van der Waals surface area contributed by atoms with Gasteiger partial charge in [-0.25, -0.2) is 15.0 Å². The molecule has 174 valence electrons. The van der Waals surface area contributed by atoms with Crippen molar-refractivity contribution >= 4 is 16.8 Å². The smallest absolute Gasteiger partial charge is 0.493 e. The number of alkyl halides is 3. The number of pyridine rings is 1. The van der Waals surface area contributed by atoms with Gasteiger partial charge in [-0.05, 0) is 25.0 Å². The first-order valence-corrected chi connectivity index (χ1v) is 10.2. The van der Waals surface area contributed by atoms with Crippen LogP contribution in [0.15, 0.2) is 36.8 Å². The number of fused-ring (bicyclic) bond motifs is 1. The summed E-state index contributed by atoms with van der Waals surface area (Å²) in [7, 11) is 3.12. The van der Waals surface area contributed by atoms with Gasteiger partial charge in [0.15, 0.2) is 11.5 Å². The summed E-state index contributed by atoms with van der Waals surface area (Å²) in [5.41, 5.74) is 1.82. The Hall–Kier alpha value is -3.63. The van der Waals surface area contributed by atoms with Gasteiger partial charge in [-0.3, -0.25) is 4.79 Å². The van der Waals surface area contributed by atoms with Crippen LogP contribution < -0.4 is 14.2 Å². The zero-order chi connectivity index (χ0) is 23.6. The normalized spacial score (nSPS) is 14.9. The number of methoxy groups -OCH3 is 2. The molecule has 0 unspecified atom stereocenters. The average Bonchev–Trinajstić information content (AvgIpc) is 2.82. The topological polar surface area (TPSA) is 86.7 Å². The summed E-state index contributed by atoms with van der Waals surface area (Å²) in [5, 5.41) is 0.865. The number of carbonyl (C=O) groups excluding carboxylic acids is 1. The number of aromatic nitrogens is 3. The minimum absolute atomic E-state index is 0.110. The molecule has 0 bridgehead atoms. The molecule has 33 heavy (non-hydrogen) atoms. The van der Waals surface area contributed by atoms with E-state index in [-0.39, 0.29) is 17.4 Å². The highest BCUT2D eigenvalue weighted by Crippen LogP contribution is 2.36. The van der Waals surface area contributed by atoms with Crippen molar-refractivity contribution < 1.29 is 32.2 Å². The molecule has 1 saturated heterocycles. The van der Waals surface area contributed by atoms with Gasteiger partial charge >= 0.3 is 6.36 Å². The highest BCUT2D eigenvalue weighted by molar-refractivity contribution is 5.94. The van der Waals surface area contributed by atoms with Gasteiger partial charge in [-0.15, -0.1) is 13.2 Å². The van der Waals surface area contributed by atoms with E-state index in [9.17, 15) is 18.0 Å². The molecule has 11 heteroatoms. The van der Waals surface area contributed by atoms with Gasteiger partial charge in [0.1, 0.15) is 6.33 Å². The number of benzene rings is 1. The second-order valence-electron chi connectivity index (χ2n) is 7.48. The molecule has 1 amide bonds. The highest BCUT2D eigenvalue weighted by atomic mass is 19.4. The van der Waals surface area contributed by atoms with Crippen molar-refractivity contribution in [3.05, 3.63) is 48.0 Å². The van der Waals surface area contributed by atoms with Crippen LogP contribution in [0.25, 0.3) is 10.9 Å². The van der Waals surface area contributed by atoms with Crippen LogP contribution >= 0.6 is 0 Å². The number of piperidine rings is 1. The molecule has 1 aliphatic rings. The Morgan fingerprint density at radius 1 is 1.03 bits per heavy atom. The number of halogens is 3. The number of hydrogen-bond acceptors (Lipinski definition) is 7. The molecule has 0 N–H and O–H groups in total. The Labute approximate surface area is 187 Å². The number of nitrogens with zero attached hydrogens (tertiary/aromatic N) is 4. The van der Waals surface area contributed by atoms with Crippen molar-refractivity contribution in [3.8, 4) is 17.4 Å². The zero-order valence-electron chi connectivity index (χ0n) is 17.9. The minimum atomic E-state index is -4.83. The fourth-order valence-electron chi connectivity index (χ4n) is 3.95. The van der Waals surface area contributed by atoms with Crippen molar-refractivity contribution in [3.63, 3.8) is 0 Å². The Morgan fingerprint density at radius 3 is 2.33 bits per heavy atom. The SMILES string of the molecule is COc1cc2ncnc(C3CCN(C(=O)c4ccc(OC(F)(F)F)nc4)CC3)c2cc1OC.